The second kappa shape index (κ2) is 6.11. The van der Waals surface area contributed by atoms with Gasteiger partial charge in [-0.1, -0.05) is 25.1 Å². The number of fused-ring (bicyclic) bond motifs is 1. The molecular formula is C16H14N2O3S. The Kier molecular flexibility index (Phi) is 4.02. The molecule has 0 saturated carbocycles. The maximum Gasteiger partial charge on any atom is 0.359 e. The summed E-state index contributed by atoms with van der Waals surface area (Å²) in [6, 6.07) is 11.0. The van der Waals surface area contributed by atoms with Gasteiger partial charge in [-0.3, -0.25) is 9.89 Å². The first-order chi connectivity index (χ1) is 10.7. The van der Waals surface area contributed by atoms with Gasteiger partial charge in [0.2, 0.25) is 5.78 Å². The molecule has 2 heterocycles. The van der Waals surface area contributed by atoms with Crippen molar-refractivity contribution in [2.75, 3.05) is 6.61 Å². The van der Waals surface area contributed by atoms with Crippen molar-refractivity contribution in [2.24, 2.45) is 0 Å². The summed E-state index contributed by atoms with van der Waals surface area (Å²) in [5.74, 6) is -0.795. The molecule has 1 aromatic carbocycles. The number of thiophene rings is 1. The van der Waals surface area contributed by atoms with E-state index in [1.54, 1.807) is 12.1 Å². The van der Waals surface area contributed by atoms with E-state index in [1.165, 1.54) is 11.3 Å². The summed E-state index contributed by atoms with van der Waals surface area (Å²) in [6.07, 6.45) is 0.886. The van der Waals surface area contributed by atoms with Gasteiger partial charge in [0.15, 0.2) is 12.3 Å². The molecule has 3 rings (SSSR count). The van der Waals surface area contributed by atoms with Crippen LogP contribution in [0.15, 0.2) is 36.4 Å². The second-order valence-electron chi connectivity index (χ2n) is 4.74. The van der Waals surface area contributed by atoms with Crippen molar-refractivity contribution in [3.8, 4) is 0 Å². The minimum absolute atomic E-state index is 0.196. The smallest absolute Gasteiger partial charge is 0.359 e. The predicted octanol–water partition coefficient (Wildman–Crippen LogP) is 3.23. The first-order valence-electron chi connectivity index (χ1n) is 6.91. The van der Waals surface area contributed by atoms with E-state index in [-0.39, 0.29) is 18.1 Å². The molecule has 2 aromatic heterocycles. The zero-order chi connectivity index (χ0) is 15.5. The summed E-state index contributed by atoms with van der Waals surface area (Å²) in [5.41, 5.74) is 0.954. The Balaban J connectivity index is 1.68. The molecule has 0 spiro atoms. The highest BCUT2D eigenvalue weighted by Gasteiger charge is 2.17. The SMILES string of the molecule is CCc1ccc(C(=O)COC(=O)c2n[nH]c3ccccc23)s1. The molecule has 0 aliphatic heterocycles. The first-order valence-corrected chi connectivity index (χ1v) is 7.73. The number of Topliss-reactive ketones (excluding diaryl/α,β-unsaturated/α-hetero) is 1. The fraction of sp³-hybridized carbons (Fsp3) is 0.188. The Hall–Kier alpha value is -2.47. The highest BCUT2D eigenvalue weighted by atomic mass is 32.1. The molecule has 0 unspecified atom stereocenters. The lowest BCUT2D eigenvalue weighted by Gasteiger charge is -2.01. The summed E-state index contributed by atoms with van der Waals surface area (Å²) < 4.78 is 5.09. The van der Waals surface area contributed by atoms with E-state index in [2.05, 4.69) is 10.2 Å². The fourth-order valence-corrected chi connectivity index (χ4v) is 2.98. The van der Waals surface area contributed by atoms with Crippen LogP contribution in [-0.4, -0.2) is 28.6 Å². The number of aromatic nitrogens is 2. The number of esters is 1. The molecule has 0 bridgehead atoms. The predicted molar refractivity (Wildman–Crippen MR) is 84.4 cm³/mol. The van der Waals surface area contributed by atoms with Crippen molar-refractivity contribution in [3.05, 3.63) is 51.8 Å². The number of nitrogens with one attached hydrogen (secondary N) is 1. The largest absolute Gasteiger partial charge is 0.452 e. The summed E-state index contributed by atoms with van der Waals surface area (Å²) >= 11 is 1.43. The summed E-state index contributed by atoms with van der Waals surface area (Å²) in [5, 5.41) is 7.41. The molecule has 6 heteroatoms. The number of benzene rings is 1. The number of nitrogens with zero attached hydrogens (tertiary/aromatic N) is 1. The fourth-order valence-electron chi connectivity index (χ4n) is 2.11. The van der Waals surface area contributed by atoms with Crippen molar-refractivity contribution < 1.29 is 14.3 Å². The van der Waals surface area contributed by atoms with E-state index in [9.17, 15) is 9.59 Å². The molecular weight excluding hydrogens is 300 g/mol. The molecule has 112 valence electrons. The lowest BCUT2D eigenvalue weighted by molar-refractivity contribution is 0.0472. The van der Waals surface area contributed by atoms with Crippen molar-refractivity contribution in [1.29, 1.82) is 0 Å². The van der Waals surface area contributed by atoms with E-state index in [0.29, 0.717) is 10.3 Å². The zero-order valence-electron chi connectivity index (χ0n) is 12.0. The summed E-state index contributed by atoms with van der Waals surface area (Å²) in [4.78, 5) is 25.8. The lowest BCUT2D eigenvalue weighted by atomic mass is 10.2. The van der Waals surface area contributed by atoms with Gasteiger partial charge in [-0.25, -0.2) is 4.79 Å². The van der Waals surface area contributed by atoms with Crippen LogP contribution in [-0.2, 0) is 11.2 Å². The number of H-pyrrole nitrogens is 1. The average molecular weight is 314 g/mol. The van der Waals surface area contributed by atoms with E-state index in [4.69, 9.17) is 4.74 Å². The zero-order valence-corrected chi connectivity index (χ0v) is 12.8. The highest BCUT2D eigenvalue weighted by Crippen LogP contribution is 2.19. The van der Waals surface area contributed by atoms with Gasteiger partial charge in [0.1, 0.15) is 0 Å². The van der Waals surface area contributed by atoms with Crippen LogP contribution < -0.4 is 0 Å². The minimum Gasteiger partial charge on any atom is -0.452 e. The number of carbonyl (C=O) groups excluding carboxylic acids is 2. The van der Waals surface area contributed by atoms with Gasteiger partial charge < -0.3 is 4.74 Å². The highest BCUT2D eigenvalue weighted by molar-refractivity contribution is 7.14. The normalized spacial score (nSPS) is 10.8. The molecule has 22 heavy (non-hydrogen) atoms. The third kappa shape index (κ3) is 2.78. The Morgan fingerprint density at radius 1 is 1.23 bits per heavy atom. The number of ether oxygens (including phenoxy) is 1. The van der Waals surface area contributed by atoms with Crippen LogP contribution in [0.25, 0.3) is 10.9 Å². The molecule has 0 radical (unpaired) electrons. The number of carbonyl (C=O) groups is 2. The van der Waals surface area contributed by atoms with Crippen LogP contribution in [0.4, 0.5) is 0 Å². The van der Waals surface area contributed by atoms with Gasteiger partial charge >= 0.3 is 5.97 Å². The number of aromatic amines is 1. The Morgan fingerprint density at radius 3 is 2.82 bits per heavy atom. The number of ketones is 1. The number of para-hydroxylation sites is 1. The number of aryl methyl sites for hydroxylation is 1. The first kappa shape index (κ1) is 14.5. The van der Waals surface area contributed by atoms with E-state index in [0.717, 1.165) is 16.8 Å². The van der Waals surface area contributed by atoms with Gasteiger partial charge in [-0.05, 0) is 24.6 Å². The maximum atomic E-state index is 12.1. The average Bonchev–Trinajstić information content (AvgIpc) is 3.18. The second-order valence-corrected chi connectivity index (χ2v) is 5.90. The van der Waals surface area contributed by atoms with Crippen molar-refractivity contribution in [3.63, 3.8) is 0 Å². The quantitative estimate of drug-likeness (QED) is 0.580. The number of hydrogen-bond donors (Lipinski definition) is 1. The van der Waals surface area contributed by atoms with Gasteiger partial charge in [0.05, 0.1) is 10.4 Å². The van der Waals surface area contributed by atoms with Gasteiger partial charge in [0, 0.05) is 10.3 Å². The van der Waals surface area contributed by atoms with E-state index in [1.807, 2.05) is 31.2 Å². The number of hydrogen-bond acceptors (Lipinski definition) is 5. The molecule has 0 amide bonds. The molecule has 0 saturated heterocycles. The Labute approximate surface area is 130 Å². The van der Waals surface area contributed by atoms with Crippen molar-refractivity contribution in [2.45, 2.75) is 13.3 Å². The number of rotatable bonds is 5. The standard InChI is InChI=1S/C16H14N2O3S/c1-2-10-7-8-14(22-10)13(19)9-21-16(20)15-11-5-3-4-6-12(11)17-18-15/h3-8H,2,9H2,1H3,(H,17,18). The van der Waals surface area contributed by atoms with Crippen LogP contribution in [0.1, 0.15) is 32.0 Å². The van der Waals surface area contributed by atoms with Gasteiger partial charge in [-0.2, -0.15) is 5.10 Å². The van der Waals surface area contributed by atoms with Crippen LogP contribution in [0.3, 0.4) is 0 Å². The van der Waals surface area contributed by atoms with Crippen LogP contribution >= 0.6 is 11.3 Å². The van der Waals surface area contributed by atoms with Gasteiger partial charge in [0.25, 0.3) is 0 Å². The third-order valence-electron chi connectivity index (χ3n) is 3.28. The molecule has 5 nitrogen and oxygen atoms in total. The van der Waals surface area contributed by atoms with Crippen molar-refractivity contribution >= 4 is 34.0 Å². The molecule has 3 aromatic rings. The van der Waals surface area contributed by atoms with E-state index < -0.39 is 5.97 Å². The maximum absolute atomic E-state index is 12.1. The molecule has 0 aliphatic rings. The Bertz CT molecular complexity index is 835. The lowest BCUT2D eigenvalue weighted by Crippen LogP contribution is -2.14. The molecule has 0 aliphatic carbocycles. The van der Waals surface area contributed by atoms with Crippen LogP contribution in [0, 0.1) is 0 Å². The summed E-state index contributed by atoms with van der Waals surface area (Å²) in [6.45, 7) is 1.76. The van der Waals surface area contributed by atoms with E-state index >= 15 is 0 Å². The summed E-state index contributed by atoms with van der Waals surface area (Å²) in [7, 11) is 0. The van der Waals surface area contributed by atoms with Crippen LogP contribution in [0.2, 0.25) is 0 Å². The minimum atomic E-state index is -0.599. The van der Waals surface area contributed by atoms with Crippen LogP contribution in [0.5, 0.6) is 0 Å². The third-order valence-corrected chi connectivity index (χ3v) is 4.55. The van der Waals surface area contributed by atoms with Crippen molar-refractivity contribution in [1.82, 2.24) is 10.2 Å². The monoisotopic (exact) mass is 314 g/mol. The molecule has 0 fully saturated rings. The van der Waals surface area contributed by atoms with Gasteiger partial charge in [-0.15, -0.1) is 11.3 Å². The molecule has 0 atom stereocenters. The Morgan fingerprint density at radius 2 is 2.05 bits per heavy atom. The topological polar surface area (TPSA) is 72.1 Å². The molecule has 1 N–H and O–H groups in total.